The molecular weight excluding hydrogens is 304 g/mol. The van der Waals surface area contributed by atoms with Gasteiger partial charge in [-0.1, -0.05) is 30.5 Å². The molecule has 3 heterocycles. The highest BCUT2D eigenvalue weighted by molar-refractivity contribution is 5.79. The lowest BCUT2D eigenvalue weighted by atomic mass is 9.88. The summed E-state index contributed by atoms with van der Waals surface area (Å²) in [6, 6.07) is 5.62. The highest BCUT2D eigenvalue weighted by Crippen LogP contribution is 2.31. The Morgan fingerprint density at radius 1 is 1.17 bits per heavy atom. The van der Waals surface area contributed by atoms with Crippen molar-refractivity contribution in [2.45, 2.75) is 44.4 Å². The maximum Gasteiger partial charge on any atom is 0.231 e. The first kappa shape index (κ1) is 15.3. The molecule has 0 aromatic carbocycles. The van der Waals surface area contributed by atoms with Crippen LogP contribution in [0.2, 0.25) is 0 Å². The van der Waals surface area contributed by atoms with Crippen molar-refractivity contribution in [3.8, 4) is 11.5 Å². The molecule has 1 aliphatic carbocycles. The molecule has 0 bridgehead atoms. The number of pyridine rings is 1. The molecule has 4 rings (SSSR count). The lowest BCUT2D eigenvalue weighted by Crippen LogP contribution is -2.35. The van der Waals surface area contributed by atoms with Crippen LogP contribution in [0.1, 0.15) is 50.3 Å². The molecule has 0 radical (unpaired) electrons. The summed E-state index contributed by atoms with van der Waals surface area (Å²) in [7, 11) is 0. The molecule has 1 aliphatic heterocycles. The fourth-order valence-corrected chi connectivity index (χ4v) is 3.77. The highest BCUT2D eigenvalue weighted by Gasteiger charge is 2.34. The lowest BCUT2D eigenvalue weighted by molar-refractivity contribution is -0.135. The minimum absolute atomic E-state index is 0.141. The number of hydrogen-bond donors (Lipinski definition) is 0. The van der Waals surface area contributed by atoms with Crippen LogP contribution < -0.4 is 0 Å². The maximum absolute atomic E-state index is 12.7. The van der Waals surface area contributed by atoms with Gasteiger partial charge in [0, 0.05) is 25.2 Å². The summed E-state index contributed by atoms with van der Waals surface area (Å²) in [5, 5.41) is 4.04. The van der Waals surface area contributed by atoms with E-state index in [0.717, 1.165) is 25.8 Å². The average molecular weight is 326 g/mol. The van der Waals surface area contributed by atoms with Crippen LogP contribution in [-0.2, 0) is 4.79 Å². The molecule has 2 aromatic rings. The van der Waals surface area contributed by atoms with Crippen LogP contribution in [0.15, 0.2) is 28.9 Å². The summed E-state index contributed by atoms with van der Waals surface area (Å²) in [6.45, 7) is 1.49. The van der Waals surface area contributed by atoms with E-state index in [0.29, 0.717) is 29.9 Å². The van der Waals surface area contributed by atoms with Crippen molar-refractivity contribution in [1.29, 1.82) is 0 Å². The standard InChI is InChI=1S/C18H22N4O2/c23-18(13-6-2-1-3-7-13)22-11-9-14(12-22)17-20-16(21-24-17)15-8-4-5-10-19-15/h4-5,8,10,13-14H,1-3,6-7,9,11-12H2. The van der Waals surface area contributed by atoms with Gasteiger partial charge in [-0.15, -0.1) is 0 Å². The second-order valence-corrected chi connectivity index (χ2v) is 6.78. The van der Waals surface area contributed by atoms with Crippen molar-refractivity contribution in [3.05, 3.63) is 30.3 Å². The zero-order valence-electron chi connectivity index (χ0n) is 13.7. The topological polar surface area (TPSA) is 72.1 Å². The third-order valence-electron chi connectivity index (χ3n) is 5.14. The number of carbonyl (C=O) groups is 1. The van der Waals surface area contributed by atoms with Crippen molar-refractivity contribution in [2.24, 2.45) is 5.92 Å². The van der Waals surface area contributed by atoms with E-state index in [1.807, 2.05) is 23.1 Å². The minimum Gasteiger partial charge on any atom is -0.342 e. The second kappa shape index (κ2) is 6.71. The Hall–Kier alpha value is -2.24. The SMILES string of the molecule is O=C(C1CCCCC1)N1CCC(c2nc(-c3ccccn3)no2)C1. The van der Waals surface area contributed by atoms with Gasteiger partial charge in [0.15, 0.2) is 0 Å². The molecule has 1 unspecified atom stereocenters. The first-order chi connectivity index (χ1) is 11.8. The molecule has 1 saturated heterocycles. The number of carbonyl (C=O) groups excluding carboxylic acids is 1. The van der Waals surface area contributed by atoms with Gasteiger partial charge in [-0.2, -0.15) is 4.98 Å². The first-order valence-corrected chi connectivity index (χ1v) is 8.85. The fourth-order valence-electron chi connectivity index (χ4n) is 3.77. The van der Waals surface area contributed by atoms with Crippen LogP contribution in [-0.4, -0.2) is 39.0 Å². The van der Waals surface area contributed by atoms with Gasteiger partial charge in [-0.3, -0.25) is 9.78 Å². The molecule has 0 N–H and O–H groups in total. The van der Waals surface area contributed by atoms with E-state index < -0.39 is 0 Å². The predicted octanol–water partition coefficient (Wildman–Crippen LogP) is 3.03. The number of hydrogen-bond acceptors (Lipinski definition) is 5. The molecule has 0 spiro atoms. The van der Waals surface area contributed by atoms with Crippen LogP contribution in [0, 0.1) is 5.92 Å². The Balaban J connectivity index is 1.42. The number of likely N-dealkylation sites (tertiary alicyclic amines) is 1. The Morgan fingerprint density at radius 3 is 2.83 bits per heavy atom. The summed E-state index contributed by atoms with van der Waals surface area (Å²) in [6.07, 6.45) is 8.34. The normalized spacial score (nSPS) is 22.0. The Bertz CT molecular complexity index is 694. The molecule has 2 aromatic heterocycles. The Morgan fingerprint density at radius 2 is 2.04 bits per heavy atom. The number of rotatable bonds is 3. The summed E-state index contributed by atoms with van der Waals surface area (Å²) in [5.74, 6) is 1.82. The van der Waals surface area contributed by atoms with Crippen LogP contribution in [0.5, 0.6) is 0 Å². The monoisotopic (exact) mass is 326 g/mol. The number of nitrogens with zero attached hydrogens (tertiary/aromatic N) is 4. The minimum atomic E-state index is 0.141. The highest BCUT2D eigenvalue weighted by atomic mass is 16.5. The summed E-state index contributed by atoms with van der Waals surface area (Å²) in [5.41, 5.74) is 0.709. The first-order valence-electron chi connectivity index (χ1n) is 8.85. The van der Waals surface area contributed by atoms with E-state index in [2.05, 4.69) is 15.1 Å². The van der Waals surface area contributed by atoms with Crippen LogP contribution in [0.4, 0.5) is 0 Å². The van der Waals surface area contributed by atoms with E-state index in [1.54, 1.807) is 6.20 Å². The summed E-state index contributed by atoms with van der Waals surface area (Å²) in [4.78, 5) is 23.4. The van der Waals surface area contributed by atoms with Crippen LogP contribution in [0.3, 0.4) is 0 Å². The second-order valence-electron chi connectivity index (χ2n) is 6.78. The molecule has 2 fully saturated rings. The summed E-state index contributed by atoms with van der Waals surface area (Å²) >= 11 is 0. The van der Waals surface area contributed by atoms with Gasteiger partial charge in [0.05, 0.1) is 5.92 Å². The molecule has 1 saturated carbocycles. The molecule has 24 heavy (non-hydrogen) atoms. The lowest BCUT2D eigenvalue weighted by Gasteiger charge is -2.26. The van der Waals surface area contributed by atoms with Gasteiger partial charge in [0.25, 0.3) is 0 Å². The Kier molecular flexibility index (Phi) is 4.28. The molecule has 2 aliphatic rings. The molecule has 126 valence electrons. The fraction of sp³-hybridized carbons (Fsp3) is 0.556. The van der Waals surface area contributed by atoms with E-state index in [4.69, 9.17) is 4.52 Å². The molecular formula is C18H22N4O2. The van der Waals surface area contributed by atoms with E-state index in [-0.39, 0.29) is 11.8 Å². The Labute approximate surface area is 141 Å². The molecule has 6 nitrogen and oxygen atoms in total. The van der Waals surface area contributed by atoms with Crippen molar-refractivity contribution < 1.29 is 9.32 Å². The van der Waals surface area contributed by atoms with E-state index >= 15 is 0 Å². The largest absolute Gasteiger partial charge is 0.342 e. The van der Waals surface area contributed by atoms with Gasteiger partial charge in [-0.05, 0) is 31.4 Å². The third kappa shape index (κ3) is 3.05. The van der Waals surface area contributed by atoms with Crippen LogP contribution >= 0.6 is 0 Å². The molecule has 6 heteroatoms. The summed E-state index contributed by atoms with van der Waals surface area (Å²) < 4.78 is 5.44. The molecule has 1 atom stereocenters. The molecule has 1 amide bonds. The van der Waals surface area contributed by atoms with Crippen molar-refractivity contribution in [3.63, 3.8) is 0 Å². The predicted molar refractivity (Wildman–Crippen MR) is 88.0 cm³/mol. The quantitative estimate of drug-likeness (QED) is 0.867. The zero-order chi connectivity index (χ0) is 16.4. The van der Waals surface area contributed by atoms with Gasteiger partial charge in [-0.25, -0.2) is 0 Å². The van der Waals surface area contributed by atoms with Crippen molar-refractivity contribution in [2.75, 3.05) is 13.1 Å². The maximum atomic E-state index is 12.7. The number of amides is 1. The average Bonchev–Trinajstić information content (AvgIpc) is 3.32. The van der Waals surface area contributed by atoms with Crippen molar-refractivity contribution >= 4 is 5.91 Å². The van der Waals surface area contributed by atoms with Gasteiger partial charge < -0.3 is 9.42 Å². The van der Waals surface area contributed by atoms with Gasteiger partial charge in [0.2, 0.25) is 17.6 Å². The van der Waals surface area contributed by atoms with E-state index in [1.165, 1.54) is 19.3 Å². The third-order valence-corrected chi connectivity index (χ3v) is 5.14. The van der Waals surface area contributed by atoms with Crippen LogP contribution in [0.25, 0.3) is 11.5 Å². The smallest absolute Gasteiger partial charge is 0.231 e. The number of aromatic nitrogens is 3. The zero-order valence-corrected chi connectivity index (χ0v) is 13.7. The van der Waals surface area contributed by atoms with Gasteiger partial charge in [0.1, 0.15) is 5.69 Å². The van der Waals surface area contributed by atoms with Crippen molar-refractivity contribution in [1.82, 2.24) is 20.0 Å². The van der Waals surface area contributed by atoms with E-state index in [9.17, 15) is 4.79 Å². The van der Waals surface area contributed by atoms with Gasteiger partial charge >= 0.3 is 0 Å².